The molecule has 2 aromatic carbocycles. The first-order valence-corrected chi connectivity index (χ1v) is 8.56. The van der Waals surface area contributed by atoms with Gasteiger partial charge in [0.25, 0.3) is 0 Å². The molecule has 1 saturated heterocycles. The highest BCUT2D eigenvalue weighted by Gasteiger charge is 2.22. The maximum Gasteiger partial charge on any atom is 0.227 e. The fraction of sp³-hybridized carbons (Fsp3) is 0.222. The Labute approximate surface area is 151 Å². The second-order valence-corrected chi connectivity index (χ2v) is 6.58. The van der Waals surface area contributed by atoms with Crippen molar-refractivity contribution in [2.75, 3.05) is 22.1 Å². The third-order valence-corrected chi connectivity index (χ3v) is 4.38. The van der Waals surface area contributed by atoms with Crippen LogP contribution in [0.2, 0.25) is 5.02 Å². The molecule has 0 spiro atoms. The number of carbonyl (C=O) groups is 1. The zero-order valence-electron chi connectivity index (χ0n) is 13.3. The summed E-state index contributed by atoms with van der Waals surface area (Å²) in [5.41, 5.74) is 3.77. The number of anilines is 3. The average Bonchev–Trinajstić information content (AvgIpc) is 2.96. The lowest BCUT2D eigenvalue weighted by Crippen LogP contribution is -2.24. The number of aryl methyl sites for hydroxylation is 1. The van der Waals surface area contributed by atoms with Crippen molar-refractivity contribution in [3.63, 3.8) is 0 Å². The normalized spacial score (nSPS) is 13.9. The van der Waals surface area contributed by atoms with E-state index in [0.29, 0.717) is 16.6 Å². The van der Waals surface area contributed by atoms with Crippen LogP contribution in [0.3, 0.4) is 0 Å². The number of thiocarbonyl (C=S) groups is 1. The van der Waals surface area contributed by atoms with E-state index >= 15 is 0 Å². The molecular formula is C18H18ClN3OS. The van der Waals surface area contributed by atoms with Crippen LogP contribution in [0.15, 0.2) is 42.5 Å². The maximum absolute atomic E-state index is 11.9. The number of carbonyl (C=O) groups excluding carboxylic acids is 1. The number of benzene rings is 2. The SMILES string of the molecule is Cc1cc(NC(=S)Nc2ccc(Cl)cc2)ccc1N1CCCC1=O. The molecule has 6 heteroatoms. The van der Waals surface area contributed by atoms with Gasteiger partial charge in [-0.1, -0.05) is 11.6 Å². The monoisotopic (exact) mass is 359 g/mol. The molecule has 1 fully saturated rings. The van der Waals surface area contributed by atoms with Gasteiger partial charge in [-0.3, -0.25) is 4.79 Å². The molecule has 0 aliphatic carbocycles. The van der Waals surface area contributed by atoms with Crippen LogP contribution in [0.5, 0.6) is 0 Å². The molecule has 1 aliphatic heterocycles. The summed E-state index contributed by atoms with van der Waals surface area (Å²) in [6, 6.07) is 13.2. The van der Waals surface area contributed by atoms with E-state index in [0.717, 1.165) is 35.6 Å². The minimum absolute atomic E-state index is 0.193. The molecule has 124 valence electrons. The zero-order valence-corrected chi connectivity index (χ0v) is 14.9. The zero-order chi connectivity index (χ0) is 17.1. The van der Waals surface area contributed by atoms with Gasteiger partial charge in [0.15, 0.2) is 5.11 Å². The highest BCUT2D eigenvalue weighted by molar-refractivity contribution is 7.80. The van der Waals surface area contributed by atoms with E-state index in [1.807, 2.05) is 42.2 Å². The Morgan fingerprint density at radius 2 is 1.79 bits per heavy atom. The molecule has 0 radical (unpaired) electrons. The largest absolute Gasteiger partial charge is 0.332 e. The third kappa shape index (κ3) is 3.86. The minimum Gasteiger partial charge on any atom is -0.332 e. The van der Waals surface area contributed by atoms with Gasteiger partial charge >= 0.3 is 0 Å². The molecule has 4 nitrogen and oxygen atoms in total. The predicted molar refractivity (Wildman–Crippen MR) is 104 cm³/mol. The van der Waals surface area contributed by atoms with Crippen molar-refractivity contribution >= 4 is 51.9 Å². The summed E-state index contributed by atoms with van der Waals surface area (Å²) in [7, 11) is 0. The lowest BCUT2D eigenvalue weighted by molar-refractivity contribution is -0.117. The molecule has 0 unspecified atom stereocenters. The van der Waals surface area contributed by atoms with Crippen molar-refractivity contribution in [1.29, 1.82) is 0 Å². The number of rotatable bonds is 3. The van der Waals surface area contributed by atoms with Gasteiger partial charge in [-0.05, 0) is 73.6 Å². The van der Waals surface area contributed by atoms with Crippen LogP contribution >= 0.6 is 23.8 Å². The van der Waals surface area contributed by atoms with Crippen LogP contribution < -0.4 is 15.5 Å². The summed E-state index contributed by atoms with van der Waals surface area (Å²) >= 11 is 11.2. The van der Waals surface area contributed by atoms with Gasteiger partial charge in [0.05, 0.1) is 0 Å². The lowest BCUT2D eigenvalue weighted by Gasteiger charge is -2.19. The molecular weight excluding hydrogens is 342 g/mol. The molecule has 0 atom stereocenters. The first-order valence-electron chi connectivity index (χ1n) is 7.77. The van der Waals surface area contributed by atoms with E-state index in [-0.39, 0.29) is 5.91 Å². The summed E-state index contributed by atoms with van der Waals surface area (Å²) < 4.78 is 0. The van der Waals surface area contributed by atoms with E-state index in [9.17, 15) is 4.79 Å². The van der Waals surface area contributed by atoms with E-state index in [1.54, 1.807) is 12.1 Å². The van der Waals surface area contributed by atoms with Crippen molar-refractivity contribution in [2.45, 2.75) is 19.8 Å². The smallest absolute Gasteiger partial charge is 0.227 e. The number of hydrogen-bond donors (Lipinski definition) is 2. The number of amides is 1. The van der Waals surface area contributed by atoms with Crippen LogP contribution in [0.25, 0.3) is 0 Å². The standard InChI is InChI=1S/C18H18ClN3OS/c1-12-11-15(8-9-16(12)22-10-2-3-17(22)23)21-18(24)20-14-6-4-13(19)5-7-14/h4-9,11H,2-3,10H2,1H3,(H2,20,21,24). The molecule has 0 bridgehead atoms. The highest BCUT2D eigenvalue weighted by Crippen LogP contribution is 2.27. The van der Waals surface area contributed by atoms with Crippen LogP contribution in [-0.4, -0.2) is 17.6 Å². The van der Waals surface area contributed by atoms with Gasteiger partial charge in [0.1, 0.15) is 0 Å². The van der Waals surface area contributed by atoms with Gasteiger partial charge in [-0.25, -0.2) is 0 Å². The lowest BCUT2D eigenvalue weighted by atomic mass is 10.1. The highest BCUT2D eigenvalue weighted by atomic mass is 35.5. The molecule has 1 heterocycles. The van der Waals surface area contributed by atoms with Crippen LogP contribution in [0.1, 0.15) is 18.4 Å². The summed E-state index contributed by atoms with van der Waals surface area (Å²) in [4.78, 5) is 13.7. The number of halogens is 1. The predicted octanol–water partition coefficient (Wildman–Crippen LogP) is 4.58. The Bertz CT molecular complexity index is 776. The fourth-order valence-corrected chi connectivity index (χ4v) is 3.13. The molecule has 24 heavy (non-hydrogen) atoms. The van der Waals surface area contributed by atoms with Crippen LogP contribution in [0.4, 0.5) is 17.1 Å². The first kappa shape index (κ1) is 16.7. The average molecular weight is 360 g/mol. The van der Waals surface area contributed by atoms with Crippen molar-refractivity contribution in [3.8, 4) is 0 Å². The molecule has 2 aromatic rings. The molecule has 0 aromatic heterocycles. The molecule has 1 amide bonds. The Morgan fingerprint density at radius 3 is 2.42 bits per heavy atom. The van der Waals surface area contributed by atoms with E-state index in [1.165, 1.54) is 0 Å². The van der Waals surface area contributed by atoms with Crippen LogP contribution in [0, 0.1) is 6.92 Å². The quantitative estimate of drug-likeness (QED) is 0.787. The second kappa shape index (κ2) is 7.20. The van der Waals surface area contributed by atoms with Crippen molar-refractivity contribution in [1.82, 2.24) is 0 Å². The summed E-state index contributed by atoms with van der Waals surface area (Å²) in [5.74, 6) is 0.193. The molecule has 1 aliphatic rings. The Kier molecular flexibility index (Phi) is 5.02. The Balaban J connectivity index is 1.67. The van der Waals surface area contributed by atoms with Crippen molar-refractivity contribution in [2.24, 2.45) is 0 Å². The number of nitrogens with zero attached hydrogens (tertiary/aromatic N) is 1. The molecule has 2 N–H and O–H groups in total. The van der Waals surface area contributed by atoms with E-state index in [2.05, 4.69) is 10.6 Å². The van der Waals surface area contributed by atoms with Gasteiger partial charge in [0.2, 0.25) is 5.91 Å². The van der Waals surface area contributed by atoms with Crippen LogP contribution in [-0.2, 0) is 4.79 Å². The minimum atomic E-state index is 0.193. The topological polar surface area (TPSA) is 44.4 Å². The summed E-state index contributed by atoms with van der Waals surface area (Å²) in [6.45, 7) is 2.80. The van der Waals surface area contributed by atoms with Crippen molar-refractivity contribution in [3.05, 3.63) is 53.1 Å². The van der Waals surface area contributed by atoms with E-state index in [4.69, 9.17) is 23.8 Å². The Morgan fingerprint density at radius 1 is 1.12 bits per heavy atom. The Hall–Kier alpha value is -2.11. The number of hydrogen-bond acceptors (Lipinski definition) is 2. The first-order chi connectivity index (χ1) is 11.5. The fourth-order valence-electron chi connectivity index (χ4n) is 2.77. The van der Waals surface area contributed by atoms with Crippen molar-refractivity contribution < 1.29 is 4.79 Å². The molecule has 3 rings (SSSR count). The van der Waals surface area contributed by atoms with Gasteiger partial charge in [0, 0.05) is 35.1 Å². The van der Waals surface area contributed by atoms with Gasteiger partial charge < -0.3 is 15.5 Å². The van der Waals surface area contributed by atoms with Gasteiger partial charge in [-0.2, -0.15) is 0 Å². The summed E-state index contributed by atoms with van der Waals surface area (Å²) in [5, 5.41) is 7.45. The summed E-state index contributed by atoms with van der Waals surface area (Å²) in [6.07, 6.45) is 1.56. The van der Waals surface area contributed by atoms with Gasteiger partial charge in [-0.15, -0.1) is 0 Å². The number of nitrogens with one attached hydrogen (secondary N) is 2. The second-order valence-electron chi connectivity index (χ2n) is 5.74. The third-order valence-electron chi connectivity index (χ3n) is 3.92. The van der Waals surface area contributed by atoms with E-state index < -0.39 is 0 Å². The maximum atomic E-state index is 11.9. The molecule has 0 saturated carbocycles.